The second-order valence-electron chi connectivity index (χ2n) is 3.33. The summed E-state index contributed by atoms with van der Waals surface area (Å²) in [5.41, 5.74) is -0.792. The van der Waals surface area contributed by atoms with Crippen LogP contribution in [0.3, 0.4) is 0 Å². The summed E-state index contributed by atoms with van der Waals surface area (Å²) < 4.78 is 26.6. The number of anilines is 1. The van der Waals surface area contributed by atoms with Crippen molar-refractivity contribution in [3.8, 4) is 5.75 Å². The molecular weight excluding hydrogens is 236 g/mol. The summed E-state index contributed by atoms with van der Waals surface area (Å²) >= 11 is 0. The van der Waals surface area contributed by atoms with Crippen molar-refractivity contribution in [3.63, 3.8) is 0 Å². The Bertz CT molecular complexity index is 488. The minimum Gasteiger partial charge on any atom is -0.505 e. The maximum atomic E-state index is 13.5. The molecule has 1 rings (SSSR count). The van der Waals surface area contributed by atoms with Gasteiger partial charge in [0.05, 0.1) is 5.69 Å². The molecule has 0 aliphatic carbocycles. The van der Waals surface area contributed by atoms with E-state index in [-0.39, 0.29) is 10.5 Å². The van der Waals surface area contributed by atoms with Gasteiger partial charge < -0.3 is 10.2 Å². The first-order valence-corrected chi connectivity index (χ1v) is 4.48. The van der Waals surface area contributed by atoms with Crippen molar-refractivity contribution in [3.05, 3.63) is 23.3 Å². The van der Waals surface area contributed by atoms with Gasteiger partial charge in [0.2, 0.25) is 11.7 Å². The lowest BCUT2D eigenvalue weighted by Crippen LogP contribution is -2.35. The molecule has 2 amide bonds. The van der Waals surface area contributed by atoms with Crippen molar-refractivity contribution in [2.75, 3.05) is 4.90 Å². The number of imide groups is 1. The third-order valence-corrected chi connectivity index (χ3v) is 2.08. The number of amides is 2. The average Bonchev–Trinajstić information content (AvgIpc) is 2.19. The van der Waals surface area contributed by atoms with E-state index in [1.54, 1.807) is 0 Å². The first-order valence-electron chi connectivity index (χ1n) is 4.48. The molecule has 0 bridgehead atoms. The molecule has 0 spiro atoms. The van der Waals surface area contributed by atoms with Gasteiger partial charge >= 0.3 is 6.09 Å². The van der Waals surface area contributed by atoms with E-state index in [1.807, 2.05) is 0 Å². The van der Waals surface area contributed by atoms with Gasteiger partial charge in [-0.2, -0.15) is 4.39 Å². The molecule has 1 aromatic rings. The van der Waals surface area contributed by atoms with Crippen LogP contribution in [-0.2, 0) is 4.79 Å². The van der Waals surface area contributed by atoms with Crippen LogP contribution in [0.5, 0.6) is 5.75 Å². The van der Waals surface area contributed by atoms with Gasteiger partial charge in [-0.3, -0.25) is 4.79 Å². The Morgan fingerprint density at radius 1 is 1.29 bits per heavy atom. The van der Waals surface area contributed by atoms with Gasteiger partial charge in [-0.1, -0.05) is 0 Å². The number of carbonyl (C=O) groups is 2. The third-order valence-electron chi connectivity index (χ3n) is 2.08. The van der Waals surface area contributed by atoms with Crippen LogP contribution in [0.4, 0.5) is 19.3 Å². The number of phenolic OH excluding ortho intramolecular Hbond substituents is 1. The van der Waals surface area contributed by atoms with E-state index in [0.717, 1.165) is 13.0 Å². The highest BCUT2D eigenvalue weighted by Gasteiger charge is 2.28. The van der Waals surface area contributed by atoms with Crippen molar-refractivity contribution in [2.45, 2.75) is 13.8 Å². The highest BCUT2D eigenvalue weighted by Crippen LogP contribution is 2.31. The maximum Gasteiger partial charge on any atom is 0.418 e. The lowest BCUT2D eigenvalue weighted by atomic mass is 10.1. The predicted molar refractivity (Wildman–Crippen MR) is 53.9 cm³/mol. The first-order chi connectivity index (χ1) is 7.77. The smallest absolute Gasteiger partial charge is 0.418 e. The Kier molecular flexibility index (Phi) is 3.31. The molecule has 92 valence electrons. The number of nitrogens with zero attached hydrogens (tertiary/aromatic N) is 1. The van der Waals surface area contributed by atoms with Gasteiger partial charge in [-0.25, -0.2) is 14.1 Å². The SMILES string of the molecule is CC(=O)N(C(=O)O)c1c(C)cc(O)c(F)c1F. The zero-order valence-corrected chi connectivity index (χ0v) is 8.99. The summed E-state index contributed by atoms with van der Waals surface area (Å²) in [7, 11) is 0. The van der Waals surface area contributed by atoms with Crippen molar-refractivity contribution >= 4 is 17.7 Å². The quantitative estimate of drug-likeness (QED) is 0.793. The molecule has 5 nitrogen and oxygen atoms in total. The van der Waals surface area contributed by atoms with E-state index in [9.17, 15) is 18.4 Å². The molecular formula is C10H9F2NO4. The molecule has 0 aromatic heterocycles. The highest BCUT2D eigenvalue weighted by atomic mass is 19.2. The molecule has 0 fully saturated rings. The summed E-state index contributed by atoms with van der Waals surface area (Å²) in [6.07, 6.45) is -1.73. The molecule has 17 heavy (non-hydrogen) atoms. The summed E-state index contributed by atoms with van der Waals surface area (Å²) in [6.45, 7) is 2.15. The molecule has 7 heteroatoms. The number of hydrogen-bond donors (Lipinski definition) is 2. The fraction of sp³-hybridized carbons (Fsp3) is 0.200. The van der Waals surface area contributed by atoms with Crippen molar-refractivity contribution in [1.29, 1.82) is 0 Å². The van der Waals surface area contributed by atoms with Crippen LogP contribution in [-0.4, -0.2) is 22.2 Å². The molecule has 0 aliphatic rings. The summed E-state index contributed by atoms with van der Waals surface area (Å²) in [5.74, 6) is -5.11. The van der Waals surface area contributed by atoms with Crippen LogP contribution in [0, 0.1) is 18.6 Å². The molecule has 1 aromatic carbocycles. The van der Waals surface area contributed by atoms with Gasteiger partial charge in [-0.15, -0.1) is 0 Å². The van der Waals surface area contributed by atoms with Crippen LogP contribution >= 0.6 is 0 Å². The van der Waals surface area contributed by atoms with Gasteiger partial charge in [0.25, 0.3) is 0 Å². The number of rotatable bonds is 1. The summed E-state index contributed by atoms with van der Waals surface area (Å²) in [6, 6.07) is 0.840. The standard InChI is InChI=1S/C10H9F2NO4/c1-4-3-6(15)7(11)8(12)9(4)13(5(2)14)10(16)17/h3,15H,1-2H3,(H,16,17). The van der Waals surface area contributed by atoms with Gasteiger partial charge in [-0.05, 0) is 18.6 Å². The van der Waals surface area contributed by atoms with E-state index >= 15 is 0 Å². The number of carboxylic acid groups (broad SMARTS) is 1. The van der Waals surface area contributed by atoms with Crippen LogP contribution in [0.15, 0.2) is 6.07 Å². The van der Waals surface area contributed by atoms with E-state index in [1.165, 1.54) is 6.92 Å². The Labute approximate surface area is 94.9 Å². The molecule has 0 radical (unpaired) electrons. The predicted octanol–water partition coefficient (Wildman–Crippen LogP) is 2.01. The molecule has 0 saturated carbocycles. The van der Waals surface area contributed by atoms with Crippen molar-refractivity contribution in [1.82, 2.24) is 0 Å². The molecule has 2 N–H and O–H groups in total. The molecule has 0 heterocycles. The minimum absolute atomic E-state index is 0.0704. The topological polar surface area (TPSA) is 77.8 Å². The Hall–Kier alpha value is -2.18. The Morgan fingerprint density at radius 2 is 1.82 bits per heavy atom. The van der Waals surface area contributed by atoms with Crippen LogP contribution in [0.1, 0.15) is 12.5 Å². The number of aromatic hydroxyl groups is 1. The van der Waals surface area contributed by atoms with Gasteiger partial charge in [0.15, 0.2) is 11.6 Å². The number of phenols is 1. The van der Waals surface area contributed by atoms with Crippen molar-refractivity contribution < 1.29 is 28.6 Å². The van der Waals surface area contributed by atoms with E-state index in [2.05, 4.69) is 0 Å². The largest absolute Gasteiger partial charge is 0.505 e. The minimum atomic E-state index is -1.73. The lowest BCUT2D eigenvalue weighted by molar-refractivity contribution is -0.116. The highest BCUT2D eigenvalue weighted by molar-refractivity contribution is 6.11. The van der Waals surface area contributed by atoms with E-state index in [4.69, 9.17) is 10.2 Å². The third kappa shape index (κ3) is 2.17. The second-order valence-corrected chi connectivity index (χ2v) is 3.33. The van der Waals surface area contributed by atoms with Gasteiger partial charge in [0, 0.05) is 6.92 Å². The van der Waals surface area contributed by atoms with E-state index < -0.39 is 35.1 Å². The first kappa shape index (κ1) is 12.9. The van der Waals surface area contributed by atoms with Gasteiger partial charge in [0.1, 0.15) is 0 Å². The number of hydrogen-bond acceptors (Lipinski definition) is 3. The maximum absolute atomic E-state index is 13.5. The number of carbonyl (C=O) groups excluding carboxylic acids is 1. The van der Waals surface area contributed by atoms with Crippen molar-refractivity contribution in [2.24, 2.45) is 0 Å². The molecule has 0 saturated heterocycles. The summed E-state index contributed by atoms with van der Waals surface area (Å²) in [5, 5.41) is 17.8. The zero-order valence-electron chi connectivity index (χ0n) is 8.99. The number of halogens is 2. The fourth-order valence-corrected chi connectivity index (χ4v) is 1.39. The van der Waals surface area contributed by atoms with Crippen LogP contribution < -0.4 is 4.90 Å². The molecule has 0 unspecified atom stereocenters. The Balaban J connectivity index is 3.54. The fourth-order valence-electron chi connectivity index (χ4n) is 1.39. The summed E-state index contributed by atoms with van der Waals surface area (Å²) in [4.78, 5) is 22.0. The second kappa shape index (κ2) is 4.36. The lowest BCUT2D eigenvalue weighted by Gasteiger charge is -2.18. The number of benzene rings is 1. The van der Waals surface area contributed by atoms with Crippen LogP contribution in [0.25, 0.3) is 0 Å². The Morgan fingerprint density at radius 3 is 2.24 bits per heavy atom. The zero-order chi connectivity index (χ0) is 13.3. The van der Waals surface area contributed by atoms with Crippen LogP contribution in [0.2, 0.25) is 0 Å². The monoisotopic (exact) mass is 245 g/mol. The number of aryl methyl sites for hydroxylation is 1. The molecule has 0 atom stereocenters. The molecule has 0 aliphatic heterocycles. The van der Waals surface area contributed by atoms with E-state index in [0.29, 0.717) is 0 Å². The average molecular weight is 245 g/mol. The normalized spacial score (nSPS) is 10.1.